The summed E-state index contributed by atoms with van der Waals surface area (Å²) >= 11 is 0. The number of hydrogen-bond acceptors (Lipinski definition) is 4. The highest BCUT2D eigenvalue weighted by Crippen LogP contribution is 2.13. The van der Waals surface area contributed by atoms with E-state index in [1.165, 1.54) is 0 Å². The van der Waals surface area contributed by atoms with E-state index in [1.54, 1.807) is 7.11 Å². The van der Waals surface area contributed by atoms with Gasteiger partial charge in [0.1, 0.15) is 0 Å². The SMILES string of the molecule is COCCCC(N)C(=O)Nc1cccc(CCCO)c1. The third kappa shape index (κ3) is 6.14. The van der Waals surface area contributed by atoms with Crippen LogP contribution in [-0.4, -0.2) is 37.4 Å². The molecule has 0 heterocycles. The molecule has 1 rings (SSSR count). The largest absolute Gasteiger partial charge is 0.396 e. The molecule has 0 bridgehead atoms. The van der Waals surface area contributed by atoms with Gasteiger partial charge >= 0.3 is 0 Å². The van der Waals surface area contributed by atoms with Crippen molar-refractivity contribution >= 4 is 11.6 Å². The first-order valence-electron chi connectivity index (χ1n) is 6.92. The number of aliphatic hydroxyl groups excluding tert-OH is 1. The molecule has 1 unspecified atom stereocenters. The van der Waals surface area contributed by atoms with Crippen LogP contribution in [0, 0.1) is 0 Å². The summed E-state index contributed by atoms with van der Waals surface area (Å²) in [5.74, 6) is -0.180. The second kappa shape index (κ2) is 9.47. The van der Waals surface area contributed by atoms with Crippen LogP contribution in [-0.2, 0) is 16.0 Å². The number of aryl methyl sites for hydroxylation is 1. The van der Waals surface area contributed by atoms with Crippen molar-refractivity contribution in [1.29, 1.82) is 0 Å². The number of aliphatic hydroxyl groups is 1. The van der Waals surface area contributed by atoms with Crippen molar-refractivity contribution < 1.29 is 14.6 Å². The minimum absolute atomic E-state index is 0.168. The summed E-state index contributed by atoms with van der Waals surface area (Å²) in [6, 6.07) is 7.09. The predicted molar refractivity (Wildman–Crippen MR) is 79.6 cm³/mol. The van der Waals surface area contributed by atoms with E-state index >= 15 is 0 Å². The number of amides is 1. The van der Waals surface area contributed by atoms with Crippen LogP contribution in [0.1, 0.15) is 24.8 Å². The van der Waals surface area contributed by atoms with Crippen molar-refractivity contribution in [2.75, 3.05) is 25.6 Å². The Morgan fingerprint density at radius 1 is 1.45 bits per heavy atom. The molecule has 20 heavy (non-hydrogen) atoms. The number of ether oxygens (including phenoxy) is 1. The van der Waals surface area contributed by atoms with E-state index < -0.39 is 6.04 Å². The van der Waals surface area contributed by atoms with Gasteiger partial charge in [0.2, 0.25) is 5.91 Å². The number of methoxy groups -OCH3 is 1. The van der Waals surface area contributed by atoms with Crippen molar-refractivity contribution in [1.82, 2.24) is 0 Å². The van der Waals surface area contributed by atoms with Crippen LogP contribution in [0.3, 0.4) is 0 Å². The van der Waals surface area contributed by atoms with E-state index in [1.807, 2.05) is 24.3 Å². The Labute approximate surface area is 120 Å². The highest BCUT2D eigenvalue weighted by molar-refractivity contribution is 5.94. The Kier molecular flexibility index (Phi) is 7.87. The van der Waals surface area contributed by atoms with E-state index in [-0.39, 0.29) is 12.5 Å². The number of carbonyl (C=O) groups excluding carboxylic acids is 1. The standard InChI is InChI=1S/C15H24N2O3/c1-20-10-4-8-14(16)15(19)17-13-7-2-5-12(11-13)6-3-9-18/h2,5,7,11,14,18H,3-4,6,8-10,16H2,1H3,(H,17,19). The fourth-order valence-corrected chi connectivity index (χ4v) is 1.90. The smallest absolute Gasteiger partial charge is 0.241 e. The van der Waals surface area contributed by atoms with E-state index in [0.29, 0.717) is 19.4 Å². The first kappa shape index (κ1) is 16.6. The summed E-state index contributed by atoms with van der Waals surface area (Å²) < 4.78 is 4.94. The maximum Gasteiger partial charge on any atom is 0.241 e. The third-order valence-electron chi connectivity index (χ3n) is 3.02. The second-order valence-corrected chi connectivity index (χ2v) is 4.76. The average Bonchev–Trinajstić information content (AvgIpc) is 2.45. The van der Waals surface area contributed by atoms with E-state index in [4.69, 9.17) is 15.6 Å². The summed E-state index contributed by atoms with van der Waals surface area (Å²) in [4.78, 5) is 11.9. The Bertz CT molecular complexity index is 410. The summed E-state index contributed by atoms with van der Waals surface area (Å²) in [6.45, 7) is 0.776. The van der Waals surface area contributed by atoms with Crippen LogP contribution in [0.25, 0.3) is 0 Å². The minimum atomic E-state index is -0.522. The normalized spacial score (nSPS) is 12.2. The molecule has 0 saturated carbocycles. The van der Waals surface area contributed by atoms with Crippen molar-refractivity contribution in [3.8, 4) is 0 Å². The molecule has 0 aliphatic carbocycles. The molecule has 0 radical (unpaired) electrons. The molecule has 0 saturated heterocycles. The van der Waals surface area contributed by atoms with E-state index in [0.717, 1.165) is 24.1 Å². The fourth-order valence-electron chi connectivity index (χ4n) is 1.90. The number of nitrogens with one attached hydrogen (secondary N) is 1. The lowest BCUT2D eigenvalue weighted by Crippen LogP contribution is -2.35. The first-order valence-corrected chi connectivity index (χ1v) is 6.92. The zero-order valence-electron chi connectivity index (χ0n) is 12.0. The molecular weight excluding hydrogens is 256 g/mol. The number of hydrogen-bond donors (Lipinski definition) is 3. The molecule has 0 fully saturated rings. The molecule has 0 spiro atoms. The predicted octanol–water partition coefficient (Wildman–Crippen LogP) is 1.30. The van der Waals surface area contributed by atoms with Gasteiger partial charge in [-0.2, -0.15) is 0 Å². The van der Waals surface area contributed by atoms with Gasteiger partial charge in [0.05, 0.1) is 6.04 Å². The lowest BCUT2D eigenvalue weighted by Gasteiger charge is -2.12. The first-order chi connectivity index (χ1) is 9.67. The van der Waals surface area contributed by atoms with Crippen LogP contribution >= 0.6 is 0 Å². The van der Waals surface area contributed by atoms with Gasteiger partial charge in [-0.25, -0.2) is 0 Å². The molecule has 1 atom stereocenters. The summed E-state index contributed by atoms with van der Waals surface area (Å²) in [7, 11) is 1.63. The monoisotopic (exact) mass is 280 g/mol. The molecule has 1 aromatic rings. The van der Waals surface area contributed by atoms with Crippen LogP contribution in [0.4, 0.5) is 5.69 Å². The molecule has 5 nitrogen and oxygen atoms in total. The third-order valence-corrected chi connectivity index (χ3v) is 3.02. The number of rotatable bonds is 9. The Morgan fingerprint density at radius 3 is 2.95 bits per heavy atom. The lowest BCUT2D eigenvalue weighted by atomic mass is 10.1. The van der Waals surface area contributed by atoms with Crippen molar-refractivity contribution in [2.45, 2.75) is 31.7 Å². The van der Waals surface area contributed by atoms with Gasteiger partial charge in [-0.1, -0.05) is 12.1 Å². The Balaban J connectivity index is 2.48. The average molecular weight is 280 g/mol. The van der Waals surface area contributed by atoms with Crippen molar-refractivity contribution in [3.05, 3.63) is 29.8 Å². The van der Waals surface area contributed by atoms with Crippen LogP contribution < -0.4 is 11.1 Å². The molecule has 4 N–H and O–H groups in total. The minimum Gasteiger partial charge on any atom is -0.396 e. The van der Waals surface area contributed by atoms with Crippen molar-refractivity contribution in [2.24, 2.45) is 5.73 Å². The fraction of sp³-hybridized carbons (Fsp3) is 0.533. The Hall–Kier alpha value is -1.43. The molecule has 1 amide bonds. The number of benzene rings is 1. The molecule has 112 valence electrons. The van der Waals surface area contributed by atoms with Crippen LogP contribution in [0.15, 0.2) is 24.3 Å². The number of carbonyl (C=O) groups is 1. The van der Waals surface area contributed by atoms with Gasteiger partial charge in [-0.05, 0) is 43.4 Å². The van der Waals surface area contributed by atoms with Gasteiger partial charge in [0, 0.05) is 26.0 Å². The molecule has 5 heteroatoms. The quantitative estimate of drug-likeness (QED) is 0.595. The summed E-state index contributed by atoms with van der Waals surface area (Å²) in [5.41, 5.74) is 7.65. The summed E-state index contributed by atoms with van der Waals surface area (Å²) in [5, 5.41) is 11.6. The van der Waals surface area contributed by atoms with Gasteiger partial charge in [0.25, 0.3) is 0 Å². The molecular formula is C15H24N2O3. The van der Waals surface area contributed by atoms with Crippen molar-refractivity contribution in [3.63, 3.8) is 0 Å². The zero-order valence-corrected chi connectivity index (χ0v) is 12.0. The van der Waals surface area contributed by atoms with E-state index in [9.17, 15) is 4.79 Å². The highest BCUT2D eigenvalue weighted by Gasteiger charge is 2.13. The highest BCUT2D eigenvalue weighted by atomic mass is 16.5. The maximum atomic E-state index is 11.9. The van der Waals surface area contributed by atoms with Gasteiger partial charge in [-0.3, -0.25) is 4.79 Å². The topological polar surface area (TPSA) is 84.6 Å². The molecule has 0 aromatic heterocycles. The maximum absolute atomic E-state index is 11.9. The summed E-state index contributed by atoms with van der Waals surface area (Å²) in [6.07, 6.45) is 2.87. The van der Waals surface area contributed by atoms with Crippen LogP contribution in [0.2, 0.25) is 0 Å². The van der Waals surface area contributed by atoms with Gasteiger partial charge in [0.15, 0.2) is 0 Å². The van der Waals surface area contributed by atoms with Gasteiger partial charge < -0.3 is 20.9 Å². The number of nitrogens with two attached hydrogens (primary N) is 1. The molecule has 0 aliphatic rings. The second-order valence-electron chi connectivity index (χ2n) is 4.76. The van der Waals surface area contributed by atoms with Gasteiger partial charge in [-0.15, -0.1) is 0 Å². The Morgan fingerprint density at radius 2 is 2.25 bits per heavy atom. The van der Waals surface area contributed by atoms with E-state index in [2.05, 4.69) is 5.32 Å². The van der Waals surface area contributed by atoms with Crippen LogP contribution in [0.5, 0.6) is 0 Å². The molecule has 1 aromatic carbocycles. The lowest BCUT2D eigenvalue weighted by molar-refractivity contribution is -0.117. The number of anilines is 1. The zero-order chi connectivity index (χ0) is 14.8. The molecule has 0 aliphatic heterocycles.